The lowest BCUT2D eigenvalue weighted by atomic mass is 9.94. The van der Waals surface area contributed by atoms with E-state index in [1.165, 1.54) is 37.7 Å². The number of carbonyl (C=O) groups excluding carboxylic acids is 1. The van der Waals surface area contributed by atoms with Crippen molar-refractivity contribution in [2.75, 3.05) is 19.0 Å². The molecule has 2 atom stereocenters. The molecule has 4 N–H and O–H groups in total. The van der Waals surface area contributed by atoms with E-state index >= 15 is 0 Å². The summed E-state index contributed by atoms with van der Waals surface area (Å²) in [6, 6.07) is 8.77. The van der Waals surface area contributed by atoms with Gasteiger partial charge in [-0.15, -0.1) is 0 Å². The van der Waals surface area contributed by atoms with Gasteiger partial charge in [0.25, 0.3) is 5.91 Å². The van der Waals surface area contributed by atoms with Crippen molar-refractivity contribution in [3.8, 4) is 0 Å². The van der Waals surface area contributed by atoms with Gasteiger partial charge in [-0.25, -0.2) is 4.98 Å². The molecule has 7 heteroatoms. The number of nitrogens with two attached hydrogens (primary N) is 1. The van der Waals surface area contributed by atoms with E-state index in [1.807, 2.05) is 12.1 Å². The Bertz CT molecular complexity index is 965. The van der Waals surface area contributed by atoms with Crippen LogP contribution in [0.2, 0.25) is 0 Å². The first-order valence-corrected chi connectivity index (χ1v) is 12.3. The highest BCUT2D eigenvalue weighted by Crippen LogP contribution is 2.24. The number of nitrogens with zero attached hydrogens (tertiary/aromatic N) is 2. The summed E-state index contributed by atoms with van der Waals surface area (Å²) in [5.41, 5.74) is 8.14. The van der Waals surface area contributed by atoms with E-state index in [0.717, 1.165) is 23.7 Å². The third-order valence-corrected chi connectivity index (χ3v) is 6.51. The number of amidine groups is 1. The molecular formula is C26H39N5O2. The zero-order valence-electron chi connectivity index (χ0n) is 20.5. The number of rotatable bonds is 10. The molecule has 33 heavy (non-hydrogen) atoms. The van der Waals surface area contributed by atoms with Gasteiger partial charge in [-0.05, 0) is 56.4 Å². The third-order valence-electron chi connectivity index (χ3n) is 6.51. The lowest BCUT2D eigenvalue weighted by Gasteiger charge is -2.32. The van der Waals surface area contributed by atoms with Crippen LogP contribution in [-0.4, -0.2) is 48.6 Å². The number of benzene rings is 1. The molecule has 3 rings (SSSR count). The molecule has 1 fully saturated rings. The summed E-state index contributed by atoms with van der Waals surface area (Å²) in [5.74, 6) is 0.345. The predicted molar refractivity (Wildman–Crippen MR) is 136 cm³/mol. The van der Waals surface area contributed by atoms with E-state index in [0.29, 0.717) is 24.0 Å². The maximum absolute atomic E-state index is 12.8. The molecule has 1 aromatic heterocycles. The lowest BCUT2D eigenvalue weighted by molar-refractivity contribution is 0.0699. The van der Waals surface area contributed by atoms with Gasteiger partial charge in [0.05, 0.1) is 17.2 Å². The van der Waals surface area contributed by atoms with Gasteiger partial charge >= 0.3 is 0 Å². The van der Waals surface area contributed by atoms with Gasteiger partial charge in [0.15, 0.2) is 0 Å². The van der Waals surface area contributed by atoms with Crippen LogP contribution in [0.25, 0.3) is 10.9 Å². The summed E-state index contributed by atoms with van der Waals surface area (Å²) in [7, 11) is 1.74. The minimum atomic E-state index is -0.393. The van der Waals surface area contributed by atoms with E-state index in [1.54, 1.807) is 14.0 Å². The van der Waals surface area contributed by atoms with Gasteiger partial charge < -0.3 is 21.1 Å². The van der Waals surface area contributed by atoms with Crippen molar-refractivity contribution < 1.29 is 9.53 Å². The van der Waals surface area contributed by atoms with E-state index in [2.05, 4.69) is 41.6 Å². The maximum atomic E-state index is 12.8. The fraction of sp³-hybridized carbons (Fsp3) is 0.577. The highest BCUT2D eigenvalue weighted by atomic mass is 16.5. The predicted octanol–water partition coefficient (Wildman–Crippen LogP) is 4.44. The Morgan fingerprint density at radius 3 is 2.64 bits per heavy atom. The van der Waals surface area contributed by atoms with Gasteiger partial charge in [-0.2, -0.15) is 4.99 Å². The largest absolute Gasteiger partial charge is 0.387 e. The number of amides is 1. The smallest absolute Gasteiger partial charge is 0.282 e. The van der Waals surface area contributed by atoms with E-state index in [-0.39, 0.29) is 18.0 Å². The third kappa shape index (κ3) is 6.74. The molecule has 1 aliphatic carbocycles. The van der Waals surface area contributed by atoms with Crippen molar-refractivity contribution >= 4 is 28.5 Å². The molecule has 0 bridgehead atoms. The van der Waals surface area contributed by atoms with E-state index < -0.39 is 5.91 Å². The molecule has 0 spiro atoms. The van der Waals surface area contributed by atoms with E-state index in [4.69, 9.17) is 15.5 Å². The van der Waals surface area contributed by atoms with Crippen molar-refractivity contribution in [2.45, 2.75) is 83.9 Å². The van der Waals surface area contributed by atoms with Gasteiger partial charge in [-0.1, -0.05) is 39.2 Å². The highest BCUT2D eigenvalue weighted by molar-refractivity contribution is 6.07. The topological polar surface area (TPSA) is 102 Å². The summed E-state index contributed by atoms with van der Waals surface area (Å²) in [5, 5.41) is 8.11. The second kappa shape index (κ2) is 12.1. The fourth-order valence-corrected chi connectivity index (χ4v) is 4.61. The molecule has 1 amide bonds. The molecule has 1 heterocycles. The van der Waals surface area contributed by atoms with Crippen LogP contribution in [0, 0.1) is 0 Å². The monoisotopic (exact) mass is 453 g/mol. The molecule has 1 saturated carbocycles. The average Bonchev–Trinajstić information content (AvgIpc) is 2.82. The van der Waals surface area contributed by atoms with Crippen molar-refractivity contribution in [1.82, 2.24) is 10.3 Å². The number of methoxy groups -OCH3 is 1. The second-order valence-electron chi connectivity index (χ2n) is 8.99. The summed E-state index contributed by atoms with van der Waals surface area (Å²) in [6.45, 7) is 6.43. The number of aromatic nitrogens is 1. The number of hydrogen-bond acceptors (Lipinski definition) is 5. The minimum absolute atomic E-state index is 0.0559. The first kappa shape index (κ1) is 25.1. The molecule has 0 aliphatic heterocycles. The summed E-state index contributed by atoms with van der Waals surface area (Å²) in [4.78, 5) is 21.6. The minimum Gasteiger partial charge on any atom is -0.387 e. The Labute approximate surface area is 197 Å². The van der Waals surface area contributed by atoms with Crippen molar-refractivity contribution in [2.24, 2.45) is 10.7 Å². The Hall–Kier alpha value is -2.51. The van der Waals surface area contributed by atoms with Gasteiger partial charge in [0.1, 0.15) is 11.7 Å². The summed E-state index contributed by atoms with van der Waals surface area (Å²) < 4.78 is 5.86. The highest BCUT2D eigenvalue weighted by Gasteiger charge is 2.25. The zero-order valence-corrected chi connectivity index (χ0v) is 20.5. The number of nitrogens with one attached hydrogen (secondary N) is 2. The van der Waals surface area contributed by atoms with Crippen LogP contribution >= 0.6 is 0 Å². The number of hydrogen-bond donors (Lipinski definition) is 3. The molecule has 0 radical (unpaired) electrons. The van der Waals surface area contributed by atoms with Crippen LogP contribution in [-0.2, 0) is 11.2 Å². The summed E-state index contributed by atoms with van der Waals surface area (Å²) in [6.07, 6.45) is 8.18. The van der Waals surface area contributed by atoms with E-state index in [9.17, 15) is 4.79 Å². The number of carbonyl (C=O) groups is 1. The molecule has 1 aliphatic rings. The Balaban J connectivity index is 1.84. The molecule has 1 aromatic carbocycles. The Kier molecular flexibility index (Phi) is 9.21. The van der Waals surface area contributed by atoms with Gasteiger partial charge in [-0.3, -0.25) is 4.79 Å². The molecule has 180 valence electrons. The fourth-order valence-electron chi connectivity index (χ4n) is 4.61. The standard InChI is InChI=1S/C26H39N5O2/c1-5-18-12-13-23-19(14-18)15-21(26(32)29-17(3)27)25(31-23)28-16-24(33-4)22(6-2)30-20-10-8-7-9-11-20/h12-15,20,22,24,30H,5-11,16H2,1-4H3,(H,28,31)(H2,27,29,32). The van der Waals surface area contributed by atoms with Crippen molar-refractivity contribution in [3.63, 3.8) is 0 Å². The quantitative estimate of drug-likeness (QED) is 0.363. The lowest BCUT2D eigenvalue weighted by Crippen LogP contribution is -2.49. The zero-order chi connectivity index (χ0) is 23.8. The Morgan fingerprint density at radius 2 is 2.00 bits per heavy atom. The second-order valence-corrected chi connectivity index (χ2v) is 8.99. The SMILES string of the molecule is CCc1ccc2nc(NCC(OC)C(CC)NC3CCCCC3)c(C(=O)N=C(C)N)cc2c1. The van der Waals surface area contributed by atoms with Gasteiger partial charge in [0, 0.05) is 31.1 Å². The first-order valence-electron chi connectivity index (χ1n) is 12.3. The van der Waals surface area contributed by atoms with Crippen LogP contribution < -0.4 is 16.4 Å². The summed E-state index contributed by atoms with van der Waals surface area (Å²) >= 11 is 0. The first-order chi connectivity index (χ1) is 15.9. The van der Waals surface area contributed by atoms with Crippen molar-refractivity contribution in [3.05, 3.63) is 35.4 Å². The number of fused-ring (bicyclic) bond motifs is 1. The maximum Gasteiger partial charge on any atom is 0.282 e. The van der Waals surface area contributed by atoms with Gasteiger partial charge in [0.2, 0.25) is 0 Å². The Morgan fingerprint density at radius 1 is 1.24 bits per heavy atom. The van der Waals surface area contributed by atoms with Crippen LogP contribution in [0.5, 0.6) is 0 Å². The average molecular weight is 454 g/mol. The molecule has 2 unspecified atom stereocenters. The van der Waals surface area contributed by atoms with Crippen LogP contribution in [0.4, 0.5) is 5.82 Å². The van der Waals surface area contributed by atoms with Crippen molar-refractivity contribution in [1.29, 1.82) is 0 Å². The van der Waals surface area contributed by atoms with Crippen LogP contribution in [0.1, 0.15) is 75.2 Å². The molecule has 2 aromatic rings. The number of ether oxygens (including phenoxy) is 1. The van der Waals surface area contributed by atoms with Crippen LogP contribution in [0.3, 0.4) is 0 Å². The molecule has 0 saturated heterocycles. The number of anilines is 1. The number of pyridine rings is 1. The number of aliphatic imine (C=N–C) groups is 1. The normalized spacial score (nSPS) is 17.2. The van der Waals surface area contributed by atoms with Crippen LogP contribution in [0.15, 0.2) is 29.3 Å². The molecular weight excluding hydrogens is 414 g/mol. The number of aryl methyl sites for hydroxylation is 1. The molecule has 7 nitrogen and oxygen atoms in total.